The van der Waals surface area contributed by atoms with Crippen LogP contribution in [0.5, 0.6) is 0 Å². The Bertz CT molecular complexity index is 74.2. The van der Waals surface area contributed by atoms with Crippen molar-refractivity contribution in [2.24, 2.45) is 0 Å². The summed E-state index contributed by atoms with van der Waals surface area (Å²) in [5, 5.41) is 7.94. The molecule has 0 aromatic carbocycles. The average molecular weight is 180 g/mol. The first-order valence-electron chi connectivity index (χ1n) is 3.47. The monoisotopic (exact) mass is 180 g/mol. The van der Waals surface area contributed by atoms with Gasteiger partial charge in [-0.25, -0.2) is 0 Å². The van der Waals surface area contributed by atoms with Gasteiger partial charge in [0.25, 0.3) is 6.47 Å². The van der Waals surface area contributed by atoms with Crippen LogP contribution in [0.2, 0.25) is 0 Å². The number of hydrogen-bond acceptors (Lipinski definition) is 5. The summed E-state index contributed by atoms with van der Waals surface area (Å²) in [6.45, 7) is 1.79. The Balaban J connectivity index is 0. The molecule has 0 amide bonds. The topological polar surface area (TPSA) is 65.0 Å². The minimum atomic E-state index is 0.122. The second kappa shape index (κ2) is 16.7. The third kappa shape index (κ3) is 22.8. The highest BCUT2D eigenvalue weighted by Gasteiger charge is 1.77. The number of carbonyl (C=O) groups excluding carboxylic acids is 1. The number of aliphatic hydroxyl groups is 1. The maximum atomic E-state index is 9.40. The highest BCUT2D eigenvalue weighted by Crippen LogP contribution is 1.66. The number of ether oxygens (including phenoxy) is 3. The number of rotatable bonds is 6. The van der Waals surface area contributed by atoms with E-state index in [0.29, 0.717) is 26.3 Å². The van der Waals surface area contributed by atoms with Crippen molar-refractivity contribution in [3.63, 3.8) is 0 Å². The minimum absolute atomic E-state index is 0.122. The van der Waals surface area contributed by atoms with Crippen molar-refractivity contribution >= 4 is 6.47 Å². The van der Waals surface area contributed by atoms with Crippen LogP contribution in [-0.2, 0) is 19.0 Å². The maximum absolute atomic E-state index is 9.40. The molecule has 5 heteroatoms. The lowest BCUT2D eigenvalue weighted by molar-refractivity contribution is -0.129. The summed E-state index contributed by atoms with van der Waals surface area (Å²) in [6.07, 6.45) is 0. The molecular formula is C7H16O5. The smallest absolute Gasteiger partial charge is 0.293 e. The SMILES string of the molecule is COCCO.COCCOC=O. The summed E-state index contributed by atoms with van der Waals surface area (Å²) in [5.41, 5.74) is 0. The molecule has 0 spiro atoms. The highest BCUT2D eigenvalue weighted by atomic mass is 16.5. The lowest BCUT2D eigenvalue weighted by atomic mass is 10.8. The Kier molecular flexibility index (Phi) is 19.4. The molecule has 5 nitrogen and oxygen atoms in total. The van der Waals surface area contributed by atoms with Gasteiger partial charge in [-0.2, -0.15) is 0 Å². The Labute approximate surface area is 72.2 Å². The van der Waals surface area contributed by atoms with Crippen molar-refractivity contribution in [2.75, 3.05) is 40.6 Å². The first-order chi connectivity index (χ1) is 5.83. The molecule has 74 valence electrons. The molecule has 0 aliphatic carbocycles. The number of methoxy groups -OCH3 is 2. The lowest BCUT2D eigenvalue weighted by Gasteiger charge is -1.92. The third-order valence-electron chi connectivity index (χ3n) is 0.769. The molecule has 0 fully saturated rings. The molecule has 0 aromatic rings. The second-order valence-corrected chi connectivity index (χ2v) is 1.68. The maximum Gasteiger partial charge on any atom is 0.293 e. The van der Waals surface area contributed by atoms with E-state index in [-0.39, 0.29) is 6.61 Å². The van der Waals surface area contributed by atoms with Gasteiger partial charge in [-0.05, 0) is 0 Å². The van der Waals surface area contributed by atoms with Gasteiger partial charge in [-0.3, -0.25) is 4.79 Å². The largest absolute Gasteiger partial charge is 0.465 e. The number of aliphatic hydroxyl groups excluding tert-OH is 1. The molecule has 0 aliphatic heterocycles. The quantitative estimate of drug-likeness (QED) is 0.438. The molecule has 0 rings (SSSR count). The first-order valence-corrected chi connectivity index (χ1v) is 3.47. The van der Waals surface area contributed by atoms with Crippen molar-refractivity contribution < 1.29 is 24.1 Å². The zero-order valence-electron chi connectivity index (χ0n) is 7.49. The van der Waals surface area contributed by atoms with Crippen molar-refractivity contribution in [3.8, 4) is 0 Å². The van der Waals surface area contributed by atoms with Crippen molar-refractivity contribution in [2.45, 2.75) is 0 Å². The minimum Gasteiger partial charge on any atom is -0.465 e. The predicted octanol–water partition coefficient (Wildman–Crippen LogP) is -0.569. The Hall–Kier alpha value is -0.650. The zero-order valence-corrected chi connectivity index (χ0v) is 7.49. The molecule has 0 atom stereocenters. The van der Waals surface area contributed by atoms with Crippen molar-refractivity contribution in [3.05, 3.63) is 0 Å². The molecule has 0 bridgehead atoms. The molecule has 0 unspecified atom stereocenters. The van der Waals surface area contributed by atoms with E-state index < -0.39 is 0 Å². The summed E-state index contributed by atoms with van der Waals surface area (Å²) < 4.78 is 13.3. The van der Waals surface area contributed by atoms with E-state index in [2.05, 4.69) is 14.2 Å². The normalized spacial score (nSPS) is 8.25. The Morgan fingerprint density at radius 3 is 2.00 bits per heavy atom. The van der Waals surface area contributed by atoms with Gasteiger partial charge in [0.2, 0.25) is 0 Å². The standard InChI is InChI=1S/C4H8O3.C3H8O2/c1-6-2-3-7-4-5;1-5-3-2-4/h4H,2-3H2,1H3;4H,2-3H2,1H3. The Morgan fingerprint density at radius 2 is 1.75 bits per heavy atom. The van der Waals surface area contributed by atoms with E-state index in [4.69, 9.17) is 5.11 Å². The summed E-state index contributed by atoms with van der Waals surface area (Å²) in [7, 11) is 3.10. The Morgan fingerprint density at radius 1 is 1.17 bits per heavy atom. The molecule has 0 radical (unpaired) electrons. The van der Waals surface area contributed by atoms with Gasteiger partial charge in [0, 0.05) is 14.2 Å². The highest BCUT2D eigenvalue weighted by molar-refractivity contribution is 5.36. The van der Waals surface area contributed by atoms with Crippen LogP contribution >= 0.6 is 0 Å². The molecule has 0 saturated heterocycles. The van der Waals surface area contributed by atoms with Crippen molar-refractivity contribution in [1.82, 2.24) is 0 Å². The lowest BCUT2D eigenvalue weighted by Crippen LogP contribution is -1.98. The van der Waals surface area contributed by atoms with Crippen LogP contribution in [0.25, 0.3) is 0 Å². The molecule has 12 heavy (non-hydrogen) atoms. The van der Waals surface area contributed by atoms with Crippen LogP contribution in [0, 0.1) is 0 Å². The van der Waals surface area contributed by atoms with Gasteiger partial charge in [-0.1, -0.05) is 0 Å². The summed E-state index contributed by atoms with van der Waals surface area (Å²) in [5.74, 6) is 0. The summed E-state index contributed by atoms with van der Waals surface area (Å²) >= 11 is 0. The zero-order chi connectivity index (χ0) is 9.66. The van der Waals surface area contributed by atoms with Crippen LogP contribution in [0.15, 0.2) is 0 Å². The first kappa shape index (κ1) is 13.9. The van der Waals surface area contributed by atoms with E-state index >= 15 is 0 Å². The van der Waals surface area contributed by atoms with E-state index in [0.717, 1.165) is 0 Å². The molecule has 0 aromatic heterocycles. The van der Waals surface area contributed by atoms with E-state index in [9.17, 15) is 4.79 Å². The van der Waals surface area contributed by atoms with E-state index in [1.165, 1.54) is 0 Å². The van der Waals surface area contributed by atoms with Gasteiger partial charge >= 0.3 is 0 Å². The van der Waals surface area contributed by atoms with Crippen LogP contribution < -0.4 is 0 Å². The summed E-state index contributed by atoms with van der Waals surface area (Å²) in [6, 6.07) is 0. The fourth-order valence-electron chi connectivity index (χ4n) is 0.271. The molecule has 0 heterocycles. The van der Waals surface area contributed by atoms with Crippen LogP contribution in [-0.4, -0.2) is 52.2 Å². The fraction of sp³-hybridized carbons (Fsp3) is 0.857. The average Bonchev–Trinajstić information content (AvgIpc) is 2.08. The molecule has 0 aliphatic rings. The molecular weight excluding hydrogens is 164 g/mol. The molecule has 0 saturated carbocycles. The number of carbonyl (C=O) groups is 1. The summed E-state index contributed by atoms with van der Waals surface area (Å²) in [4.78, 5) is 9.40. The van der Waals surface area contributed by atoms with Crippen LogP contribution in [0.3, 0.4) is 0 Å². The number of hydrogen-bond donors (Lipinski definition) is 1. The van der Waals surface area contributed by atoms with Crippen LogP contribution in [0.1, 0.15) is 0 Å². The van der Waals surface area contributed by atoms with Gasteiger partial charge in [-0.15, -0.1) is 0 Å². The van der Waals surface area contributed by atoms with Crippen molar-refractivity contribution in [1.29, 1.82) is 0 Å². The van der Waals surface area contributed by atoms with E-state index in [1.54, 1.807) is 14.2 Å². The van der Waals surface area contributed by atoms with E-state index in [1.807, 2.05) is 0 Å². The predicted molar refractivity (Wildman–Crippen MR) is 42.9 cm³/mol. The van der Waals surface area contributed by atoms with Gasteiger partial charge < -0.3 is 19.3 Å². The van der Waals surface area contributed by atoms with Crippen LogP contribution in [0.4, 0.5) is 0 Å². The van der Waals surface area contributed by atoms with Gasteiger partial charge in [0.05, 0.1) is 19.8 Å². The van der Waals surface area contributed by atoms with Gasteiger partial charge in [0.1, 0.15) is 6.61 Å². The third-order valence-corrected chi connectivity index (χ3v) is 0.769. The van der Waals surface area contributed by atoms with Gasteiger partial charge in [0.15, 0.2) is 0 Å². The molecule has 1 N–H and O–H groups in total. The second-order valence-electron chi connectivity index (χ2n) is 1.68. The fourth-order valence-corrected chi connectivity index (χ4v) is 0.271.